The predicted octanol–water partition coefficient (Wildman–Crippen LogP) is 0.0246. The Bertz CT molecular complexity index is 276. The van der Waals surface area contributed by atoms with Crippen LogP contribution >= 0.6 is 0 Å². The highest BCUT2D eigenvalue weighted by molar-refractivity contribution is 6.45. The summed E-state index contributed by atoms with van der Waals surface area (Å²) in [5, 5.41) is 4.70. The number of nitrogens with one attached hydrogen (secondary N) is 2. The van der Waals surface area contributed by atoms with Crippen LogP contribution in [0.3, 0.4) is 0 Å². The quantitative estimate of drug-likeness (QED) is 0.626. The third-order valence-corrected chi connectivity index (χ3v) is 2.29. The summed E-state index contributed by atoms with van der Waals surface area (Å²) < 4.78 is 0. The van der Waals surface area contributed by atoms with Crippen molar-refractivity contribution in [1.82, 2.24) is 10.6 Å². The van der Waals surface area contributed by atoms with Crippen LogP contribution in [0.15, 0.2) is 4.99 Å². The van der Waals surface area contributed by atoms with Crippen molar-refractivity contribution in [2.24, 2.45) is 10.4 Å². The van der Waals surface area contributed by atoms with E-state index in [0.717, 1.165) is 6.42 Å². The summed E-state index contributed by atoms with van der Waals surface area (Å²) in [6.07, 6.45) is 0.992. The summed E-state index contributed by atoms with van der Waals surface area (Å²) in [6, 6.07) is 0. The molecule has 0 aliphatic carbocycles. The lowest BCUT2D eigenvalue weighted by molar-refractivity contribution is -0.135. The number of carbonyl (C=O) groups is 2. The van der Waals surface area contributed by atoms with E-state index in [1.165, 1.54) is 0 Å². The van der Waals surface area contributed by atoms with Gasteiger partial charge in [0.2, 0.25) is 5.96 Å². The van der Waals surface area contributed by atoms with Crippen LogP contribution < -0.4 is 10.6 Å². The summed E-state index contributed by atoms with van der Waals surface area (Å²) >= 11 is 0. The first kappa shape index (κ1) is 10.7. The van der Waals surface area contributed by atoms with E-state index < -0.39 is 11.8 Å². The first-order chi connectivity index (χ1) is 6.44. The van der Waals surface area contributed by atoms with E-state index in [4.69, 9.17) is 0 Å². The van der Waals surface area contributed by atoms with Gasteiger partial charge >= 0.3 is 11.8 Å². The third-order valence-electron chi connectivity index (χ3n) is 2.29. The fourth-order valence-corrected chi connectivity index (χ4v) is 0.844. The van der Waals surface area contributed by atoms with Gasteiger partial charge in [-0.2, -0.15) is 0 Å². The first-order valence-corrected chi connectivity index (χ1v) is 4.61. The van der Waals surface area contributed by atoms with E-state index in [9.17, 15) is 9.59 Å². The fraction of sp³-hybridized carbons (Fsp3) is 0.667. The molecule has 5 heteroatoms. The van der Waals surface area contributed by atoms with Crippen LogP contribution in [0.2, 0.25) is 0 Å². The molecular formula is C9H15N3O2. The molecule has 2 N–H and O–H groups in total. The van der Waals surface area contributed by atoms with Crippen molar-refractivity contribution in [3.63, 3.8) is 0 Å². The van der Waals surface area contributed by atoms with E-state index in [-0.39, 0.29) is 11.4 Å². The molecule has 1 fully saturated rings. The van der Waals surface area contributed by atoms with E-state index >= 15 is 0 Å². The molecule has 0 aromatic heterocycles. The van der Waals surface area contributed by atoms with Gasteiger partial charge in [0.15, 0.2) is 0 Å². The van der Waals surface area contributed by atoms with Gasteiger partial charge in [0.25, 0.3) is 0 Å². The zero-order chi connectivity index (χ0) is 10.8. The summed E-state index contributed by atoms with van der Waals surface area (Å²) in [4.78, 5) is 25.7. The molecule has 0 aromatic rings. The predicted molar refractivity (Wildman–Crippen MR) is 52.7 cm³/mol. The Labute approximate surface area is 83.0 Å². The van der Waals surface area contributed by atoms with Gasteiger partial charge in [-0.1, -0.05) is 20.8 Å². The van der Waals surface area contributed by atoms with Crippen LogP contribution in [0.1, 0.15) is 27.2 Å². The number of guanidine groups is 1. The summed E-state index contributed by atoms with van der Waals surface area (Å²) in [6.45, 7) is 6.82. The van der Waals surface area contributed by atoms with Gasteiger partial charge in [-0.05, 0) is 11.8 Å². The second-order valence-electron chi connectivity index (χ2n) is 4.09. The maximum Gasteiger partial charge on any atom is 0.316 e. The Kier molecular flexibility index (Phi) is 2.88. The molecule has 0 unspecified atom stereocenters. The van der Waals surface area contributed by atoms with Crippen LogP contribution in [0.25, 0.3) is 0 Å². The van der Waals surface area contributed by atoms with Crippen molar-refractivity contribution in [2.75, 3.05) is 6.54 Å². The van der Waals surface area contributed by atoms with E-state index in [1.54, 1.807) is 0 Å². The Balaban J connectivity index is 2.56. The van der Waals surface area contributed by atoms with Crippen LogP contribution in [0, 0.1) is 5.41 Å². The second kappa shape index (κ2) is 3.77. The van der Waals surface area contributed by atoms with Crippen LogP contribution in [-0.4, -0.2) is 24.3 Å². The average Bonchev–Trinajstić information content (AvgIpc) is 2.44. The van der Waals surface area contributed by atoms with Gasteiger partial charge in [-0.3, -0.25) is 25.2 Å². The molecule has 0 atom stereocenters. The molecule has 0 bridgehead atoms. The summed E-state index contributed by atoms with van der Waals surface area (Å²) in [5.74, 6) is -1.02. The molecule has 1 aliphatic rings. The topological polar surface area (TPSA) is 70.6 Å². The molecule has 0 aromatic carbocycles. The van der Waals surface area contributed by atoms with Crippen LogP contribution in [-0.2, 0) is 9.59 Å². The van der Waals surface area contributed by atoms with Gasteiger partial charge in [0.05, 0.1) is 0 Å². The minimum atomic E-state index is -0.641. The monoisotopic (exact) mass is 197 g/mol. The van der Waals surface area contributed by atoms with Crippen molar-refractivity contribution in [3.8, 4) is 0 Å². The maximum absolute atomic E-state index is 10.8. The minimum absolute atomic E-state index is 0.0883. The SMILES string of the molecule is CCC(C)(C)CN=C1NC(=O)C(=O)N1. The molecule has 1 heterocycles. The van der Waals surface area contributed by atoms with Crippen molar-refractivity contribution in [1.29, 1.82) is 0 Å². The van der Waals surface area contributed by atoms with Crippen molar-refractivity contribution in [3.05, 3.63) is 0 Å². The van der Waals surface area contributed by atoms with Crippen LogP contribution in [0.5, 0.6) is 0 Å². The smallest absolute Gasteiger partial charge is 0.288 e. The van der Waals surface area contributed by atoms with Crippen molar-refractivity contribution in [2.45, 2.75) is 27.2 Å². The number of nitrogens with zero attached hydrogens (tertiary/aromatic N) is 1. The Hall–Kier alpha value is -1.39. The summed E-state index contributed by atoms with van der Waals surface area (Å²) in [7, 11) is 0. The minimum Gasteiger partial charge on any atom is -0.288 e. The lowest BCUT2D eigenvalue weighted by atomic mass is 9.91. The van der Waals surface area contributed by atoms with E-state index in [1.807, 2.05) is 0 Å². The molecule has 1 aliphatic heterocycles. The van der Waals surface area contributed by atoms with Crippen molar-refractivity contribution >= 4 is 17.8 Å². The fourth-order valence-electron chi connectivity index (χ4n) is 0.844. The number of rotatable bonds is 3. The number of amides is 2. The molecule has 0 spiro atoms. The van der Waals surface area contributed by atoms with Crippen molar-refractivity contribution < 1.29 is 9.59 Å². The number of hydrogen-bond donors (Lipinski definition) is 2. The molecule has 0 radical (unpaired) electrons. The Morgan fingerprint density at radius 2 is 1.71 bits per heavy atom. The molecule has 1 rings (SSSR count). The third kappa shape index (κ3) is 2.55. The average molecular weight is 197 g/mol. The maximum atomic E-state index is 10.8. The van der Waals surface area contributed by atoms with Gasteiger partial charge in [0.1, 0.15) is 0 Å². The molecule has 14 heavy (non-hydrogen) atoms. The van der Waals surface area contributed by atoms with E-state index in [0.29, 0.717) is 6.54 Å². The molecule has 1 saturated heterocycles. The molecule has 2 amide bonds. The molecule has 5 nitrogen and oxygen atoms in total. The number of aliphatic imine (C=N–C) groups is 1. The largest absolute Gasteiger partial charge is 0.316 e. The van der Waals surface area contributed by atoms with Crippen LogP contribution in [0.4, 0.5) is 0 Å². The van der Waals surface area contributed by atoms with Gasteiger partial charge in [-0.15, -0.1) is 0 Å². The van der Waals surface area contributed by atoms with E-state index in [2.05, 4.69) is 36.4 Å². The second-order valence-corrected chi connectivity index (χ2v) is 4.09. The summed E-state index contributed by atoms with van der Waals surface area (Å²) in [5.41, 5.74) is 0.0883. The lowest BCUT2D eigenvalue weighted by Crippen LogP contribution is -2.28. The highest BCUT2D eigenvalue weighted by atomic mass is 16.2. The zero-order valence-electron chi connectivity index (χ0n) is 8.68. The molecule has 78 valence electrons. The van der Waals surface area contributed by atoms with Gasteiger partial charge in [-0.25, -0.2) is 0 Å². The molecular weight excluding hydrogens is 182 g/mol. The number of carbonyl (C=O) groups excluding carboxylic acids is 2. The normalized spacial score (nSPS) is 16.6. The lowest BCUT2D eigenvalue weighted by Gasteiger charge is -2.19. The zero-order valence-corrected chi connectivity index (χ0v) is 8.68. The van der Waals surface area contributed by atoms with Gasteiger partial charge in [0, 0.05) is 6.54 Å². The number of hydrogen-bond acceptors (Lipinski definition) is 3. The Morgan fingerprint density at radius 1 is 1.21 bits per heavy atom. The molecule has 0 saturated carbocycles. The Morgan fingerprint density at radius 3 is 2.14 bits per heavy atom. The highest BCUT2D eigenvalue weighted by Gasteiger charge is 2.25. The highest BCUT2D eigenvalue weighted by Crippen LogP contribution is 2.19. The van der Waals surface area contributed by atoms with Gasteiger partial charge < -0.3 is 0 Å². The standard InChI is InChI=1S/C9H15N3O2/c1-4-9(2,3)5-10-8-11-6(13)7(14)12-8/h4-5H2,1-3H3,(H2,10,11,12,13,14). The first-order valence-electron chi connectivity index (χ1n) is 4.61.